The van der Waals surface area contributed by atoms with E-state index in [1.165, 1.54) is 37.1 Å². The highest BCUT2D eigenvalue weighted by Gasteiger charge is 2.31. The van der Waals surface area contributed by atoms with Gasteiger partial charge in [0.2, 0.25) is 21.8 Å². The van der Waals surface area contributed by atoms with Crippen LogP contribution in [0.4, 0.5) is 5.69 Å². The van der Waals surface area contributed by atoms with Crippen LogP contribution in [-0.4, -0.2) is 51.0 Å². The Kier molecular flexibility index (Phi) is 9.07. The molecule has 2 aromatic carbocycles. The highest BCUT2D eigenvalue weighted by molar-refractivity contribution is 7.92. The monoisotopic (exact) mass is 539 g/mol. The van der Waals surface area contributed by atoms with Crippen molar-refractivity contribution >= 4 is 73.9 Å². The number of carbonyl (C=O) groups is 2. The lowest BCUT2D eigenvalue weighted by Crippen LogP contribution is -2.50. The van der Waals surface area contributed by atoms with E-state index in [1.54, 1.807) is 18.2 Å². The van der Waals surface area contributed by atoms with Crippen LogP contribution in [0.25, 0.3) is 0 Å². The minimum atomic E-state index is -3.94. The minimum absolute atomic E-state index is 0.0209. The number of benzene rings is 2. The second-order valence-electron chi connectivity index (χ2n) is 6.85. The Bertz CT molecular complexity index is 1110. The number of nitrogens with one attached hydrogen (secondary N) is 1. The first-order valence-electron chi connectivity index (χ1n) is 9.24. The Morgan fingerprint density at radius 3 is 2.06 bits per heavy atom. The van der Waals surface area contributed by atoms with E-state index in [0.29, 0.717) is 15.6 Å². The molecule has 7 nitrogen and oxygen atoms in total. The lowest BCUT2D eigenvalue weighted by molar-refractivity contribution is -0.139. The van der Waals surface area contributed by atoms with Crippen LogP contribution in [0, 0.1) is 0 Å². The molecule has 0 radical (unpaired) electrons. The van der Waals surface area contributed by atoms with Gasteiger partial charge in [0.1, 0.15) is 12.6 Å². The van der Waals surface area contributed by atoms with Crippen molar-refractivity contribution in [3.05, 3.63) is 62.1 Å². The number of amides is 2. The normalized spacial score (nSPS) is 12.2. The number of hydrogen-bond donors (Lipinski definition) is 1. The molecule has 0 heterocycles. The first-order chi connectivity index (χ1) is 14.9. The average molecular weight is 541 g/mol. The van der Waals surface area contributed by atoms with E-state index in [9.17, 15) is 18.0 Å². The van der Waals surface area contributed by atoms with Gasteiger partial charge >= 0.3 is 0 Å². The molecule has 1 N–H and O–H groups in total. The second kappa shape index (κ2) is 10.9. The smallest absolute Gasteiger partial charge is 0.244 e. The van der Waals surface area contributed by atoms with Crippen molar-refractivity contribution in [1.29, 1.82) is 0 Å². The maximum atomic E-state index is 13.3. The zero-order valence-corrected chi connectivity index (χ0v) is 21.2. The summed E-state index contributed by atoms with van der Waals surface area (Å²) in [6, 6.07) is 8.34. The third kappa shape index (κ3) is 6.20. The van der Waals surface area contributed by atoms with Gasteiger partial charge in [-0.05, 0) is 31.2 Å². The topological polar surface area (TPSA) is 86.8 Å². The Labute approximate surface area is 207 Å². The van der Waals surface area contributed by atoms with Gasteiger partial charge in [-0.1, -0.05) is 58.5 Å². The van der Waals surface area contributed by atoms with Gasteiger partial charge < -0.3 is 10.2 Å². The molecule has 0 fully saturated rings. The van der Waals surface area contributed by atoms with Gasteiger partial charge in [-0.15, -0.1) is 0 Å². The Hall–Kier alpha value is -1.71. The van der Waals surface area contributed by atoms with E-state index in [4.69, 9.17) is 46.4 Å². The SMILES string of the molecule is CNC(=O)C(C)N(Cc1c(Cl)cccc1Cl)C(=O)CN(c1cccc(Cl)c1Cl)S(C)(=O)=O. The van der Waals surface area contributed by atoms with Crippen molar-refractivity contribution in [2.75, 3.05) is 24.2 Å². The molecule has 0 spiro atoms. The molecule has 1 unspecified atom stereocenters. The summed E-state index contributed by atoms with van der Waals surface area (Å²) in [5, 5.41) is 3.19. The van der Waals surface area contributed by atoms with E-state index < -0.39 is 34.4 Å². The van der Waals surface area contributed by atoms with Crippen LogP contribution in [0.15, 0.2) is 36.4 Å². The van der Waals surface area contributed by atoms with Crippen molar-refractivity contribution < 1.29 is 18.0 Å². The first kappa shape index (κ1) is 26.5. The Balaban J connectivity index is 2.49. The summed E-state index contributed by atoms with van der Waals surface area (Å²) >= 11 is 24.7. The van der Waals surface area contributed by atoms with Crippen LogP contribution < -0.4 is 9.62 Å². The average Bonchev–Trinajstić information content (AvgIpc) is 2.72. The van der Waals surface area contributed by atoms with Crippen LogP contribution in [0.1, 0.15) is 12.5 Å². The number of halogens is 4. The Morgan fingerprint density at radius 1 is 1.00 bits per heavy atom. The van der Waals surface area contributed by atoms with Crippen LogP contribution in [-0.2, 0) is 26.2 Å². The number of anilines is 1. The van der Waals surface area contributed by atoms with E-state index in [2.05, 4.69) is 5.32 Å². The fourth-order valence-corrected chi connectivity index (χ4v) is 4.74. The molecule has 2 amide bonds. The van der Waals surface area contributed by atoms with E-state index >= 15 is 0 Å². The molecule has 12 heteroatoms. The molecule has 1 atom stereocenters. The fraction of sp³-hybridized carbons (Fsp3) is 0.300. The molecular formula is C20H21Cl4N3O4S. The predicted octanol–water partition coefficient (Wildman–Crippen LogP) is 4.23. The molecule has 0 aliphatic carbocycles. The zero-order valence-electron chi connectivity index (χ0n) is 17.4. The van der Waals surface area contributed by atoms with Gasteiger partial charge in [-0.2, -0.15) is 0 Å². The van der Waals surface area contributed by atoms with E-state index in [1.807, 2.05) is 0 Å². The summed E-state index contributed by atoms with van der Waals surface area (Å²) in [6.45, 7) is 0.772. The highest BCUT2D eigenvalue weighted by Crippen LogP contribution is 2.34. The summed E-state index contributed by atoms with van der Waals surface area (Å²) in [6.07, 6.45) is 0.939. The molecule has 0 saturated carbocycles. The van der Waals surface area contributed by atoms with Crippen molar-refractivity contribution in [2.45, 2.75) is 19.5 Å². The van der Waals surface area contributed by atoms with Gasteiger partial charge in [-0.3, -0.25) is 13.9 Å². The number of sulfonamides is 1. The standard InChI is InChI=1S/C20H21Cl4N3O4S/c1-12(20(29)25-2)26(10-13-14(21)6-4-7-15(13)22)18(28)11-27(32(3,30)31)17-9-5-8-16(23)19(17)24/h4-9,12H,10-11H2,1-3H3,(H,25,29). The quantitative estimate of drug-likeness (QED) is 0.542. The van der Waals surface area contributed by atoms with Gasteiger partial charge in [0.15, 0.2) is 0 Å². The summed E-state index contributed by atoms with van der Waals surface area (Å²) in [7, 11) is -2.51. The highest BCUT2D eigenvalue weighted by atomic mass is 35.5. The molecule has 0 bridgehead atoms. The third-order valence-electron chi connectivity index (χ3n) is 4.68. The predicted molar refractivity (Wildman–Crippen MR) is 129 cm³/mol. The molecule has 32 heavy (non-hydrogen) atoms. The van der Waals surface area contributed by atoms with Gasteiger partial charge in [-0.25, -0.2) is 8.42 Å². The molecule has 0 aliphatic heterocycles. The molecule has 2 rings (SSSR count). The van der Waals surface area contributed by atoms with Crippen LogP contribution in [0.3, 0.4) is 0 Å². The lowest BCUT2D eigenvalue weighted by atomic mass is 10.1. The van der Waals surface area contributed by atoms with Gasteiger partial charge in [0, 0.05) is 29.2 Å². The summed E-state index contributed by atoms with van der Waals surface area (Å²) in [5.41, 5.74) is 0.463. The van der Waals surface area contributed by atoms with Gasteiger partial charge in [0.25, 0.3) is 0 Å². The minimum Gasteiger partial charge on any atom is -0.357 e. The molecule has 0 saturated heterocycles. The maximum absolute atomic E-state index is 13.3. The van der Waals surface area contributed by atoms with Crippen LogP contribution >= 0.6 is 46.4 Å². The zero-order chi connectivity index (χ0) is 24.2. The molecule has 174 valence electrons. The molecule has 0 aromatic heterocycles. The van der Waals surface area contributed by atoms with Crippen molar-refractivity contribution in [3.8, 4) is 0 Å². The number of carbonyl (C=O) groups excluding carboxylic acids is 2. The molecule has 2 aromatic rings. The summed E-state index contributed by atoms with van der Waals surface area (Å²) in [4.78, 5) is 26.9. The lowest BCUT2D eigenvalue weighted by Gasteiger charge is -2.32. The van der Waals surface area contributed by atoms with Crippen molar-refractivity contribution in [2.24, 2.45) is 0 Å². The Morgan fingerprint density at radius 2 is 1.53 bits per heavy atom. The van der Waals surface area contributed by atoms with Crippen molar-refractivity contribution in [1.82, 2.24) is 10.2 Å². The molecular weight excluding hydrogens is 520 g/mol. The van der Waals surface area contributed by atoms with Gasteiger partial charge in [0.05, 0.1) is 22.0 Å². The number of likely N-dealkylation sites (N-methyl/N-ethyl adjacent to an activating group) is 1. The van der Waals surface area contributed by atoms with Crippen LogP contribution in [0.5, 0.6) is 0 Å². The number of rotatable bonds is 8. The van der Waals surface area contributed by atoms with E-state index in [0.717, 1.165) is 10.6 Å². The first-order valence-corrected chi connectivity index (χ1v) is 12.6. The molecule has 0 aliphatic rings. The third-order valence-corrected chi connectivity index (χ3v) is 7.33. The second-order valence-corrected chi connectivity index (χ2v) is 10.4. The fourth-order valence-electron chi connectivity index (χ4n) is 2.93. The number of nitrogens with zero attached hydrogens (tertiary/aromatic N) is 2. The number of hydrogen-bond acceptors (Lipinski definition) is 4. The van der Waals surface area contributed by atoms with Crippen molar-refractivity contribution in [3.63, 3.8) is 0 Å². The summed E-state index contributed by atoms with van der Waals surface area (Å²) in [5.74, 6) is -1.12. The summed E-state index contributed by atoms with van der Waals surface area (Å²) < 4.78 is 25.9. The van der Waals surface area contributed by atoms with E-state index in [-0.39, 0.29) is 22.3 Å². The van der Waals surface area contributed by atoms with Crippen LogP contribution in [0.2, 0.25) is 20.1 Å². The maximum Gasteiger partial charge on any atom is 0.244 e. The largest absolute Gasteiger partial charge is 0.357 e.